The van der Waals surface area contributed by atoms with E-state index in [2.05, 4.69) is 74.3 Å². The van der Waals surface area contributed by atoms with Crippen molar-refractivity contribution < 1.29 is 9.66 Å². The minimum Gasteiger partial charge on any atom is -0.463 e. The van der Waals surface area contributed by atoms with Gasteiger partial charge in [0, 0.05) is 30.1 Å². The van der Waals surface area contributed by atoms with Gasteiger partial charge in [-0.3, -0.25) is 10.1 Å². The maximum Gasteiger partial charge on any atom is 0.270 e. The van der Waals surface area contributed by atoms with Crippen LogP contribution in [0.5, 0.6) is 5.75 Å². The van der Waals surface area contributed by atoms with Gasteiger partial charge in [0.05, 0.1) is 16.0 Å². The van der Waals surface area contributed by atoms with Crippen molar-refractivity contribution in [3.8, 4) is 5.75 Å². The quantitative estimate of drug-likeness (QED) is 0.262. The van der Waals surface area contributed by atoms with Gasteiger partial charge in [0.15, 0.2) is 0 Å². The molecule has 0 saturated heterocycles. The Kier molecular flexibility index (Phi) is 3.60. The van der Waals surface area contributed by atoms with E-state index in [9.17, 15) is 10.1 Å². The predicted octanol–water partition coefficient (Wildman–Crippen LogP) is 6.43. The fraction of sp³-hybridized carbons (Fsp3) is 0.185. The zero-order valence-electron chi connectivity index (χ0n) is 18.1. The SMILES string of the molecule is CN1c2c(ccc3ccccc23)C(C)(C)C12C=Cc1c(ccc3cc([N+](=O)[O-])ccc13)O2. The molecule has 4 aromatic rings. The topological polar surface area (TPSA) is 55.6 Å². The van der Waals surface area contributed by atoms with Gasteiger partial charge in [-0.25, -0.2) is 0 Å². The number of ether oxygens (including phenoxy) is 1. The third-order valence-electron chi connectivity index (χ3n) is 7.26. The number of hydrogen-bond donors (Lipinski definition) is 0. The van der Waals surface area contributed by atoms with Crippen molar-refractivity contribution in [3.63, 3.8) is 0 Å². The summed E-state index contributed by atoms with van der Waals surface area (Å²) < 4.78 is 6.83. The molecule has 5 nitrogen and oxygen atoms in total. The van der Waals surface area contributed by atoms with Crippen LogP contribution in [0.15, 0.2) is 72.8 Å². The second-order valence-electron chi connectivity index (χ2n) is 9.14. The van der Waals surface area contributed by atoms with Gasteiger partial charge < -0.3 is 9.64 Å². The molecule has 158 valence electrons. The Morgan fingerprint density at radius 3 is 2.53 bits per heavy atom. The molecule has 2 aliphatic rings. The molecule has 1 spiro atoms. The van der Waals surface area contributed by atoms with Crippen LogP contribution in [0, 0.1) is 10.1 Å². The third kappa shape index (κ3) is 2.23. The summed E-state index contributed by atoms with van der Waals surface area (Å²) >= 11 is 0. The minimum absolute atomic E-state index is 0.0913. The van der Waals surface area contributed by atoms with Gasteiger partial charge in [0.1, 0.15) is 5.75 Å². The average molecular weight is 422 g/mol. The molecule has 6 rings (SSSR count). The molecule has 2 aliphatic heterocycles. The summed E-state index contributed by atoms with van der Waals surface area (Å²) in [6, 6.07) is 21.6. The van der Waals surface area contributed by atoms with Gasteiger partial charge in [0.2, 0.25) is 5.72 Å². The maximum atomic E-state index is 11.2. The van der Waals surface area contributed by atoms with Crippen LogP contribution in [0.2, 0.25) is 0 Å². The molecule has 2 heterocycles. The number of nitro benzene ring substituents is 1. The molecule has 0 saturated carbocycles. The van der Waals surface area contributed by atoms with Crippen molar-refractivity contribution in [1.82, 2.24) is 0 Å². The first-order valence-electron chi connectivity index (χ1n) is 10.7. The van der Waals surface area contributed by atoms with Crippen LogP contribution in [0.25, 0.3) is 27.6 Å². The summed E-state index contributed by atoms with van der Waals surface area (Å²) in [4.78, 5) is 13.1. The predicted molar refractivity (Wildman–Crippen MR) is 128 cm³/mol. The van der Waals surface area contributed by atoms with Crippen LogP contribution >= 0.6 is 0 Å². The van der Waals surface area contributed by atoms with Crippen LogP contribution in [0.4, 0.5) is 11.4 Å². The summed E-state index contributed by atoms with van der Waals surface area (Å²) in [7, 11) is 2.10. The molecule has 4 aromatic carbocycles. The van der Waals surface area contributed by atoms with Gasteiger partial charge in [-0.15, -0.1) is 0 Å². The first-order chi connectivity index (χ1) is 15.3. The lowest BCUT2D eigenvalue weighted by Gasteiger charge is -2.46. The fourth-order valence-electron chi connectivity index (χ4n) is 5.51. The summed E-state index contributed by atoms with van der Waals surface area (Å²) in [5.74, 6) is 0.783. The molecule has 32 heavy (non-hydrogen) atoms. The number of likely N-dealkylation sites (N-methyl/N-ethyl adjacent to an activating group) is 1. The molecule has 5 heteroatoms. The molecule has 0 amide bonds. The molecule has 0 aliphatic carbocycles. The highest BCUT2D eigenvalue weighted by molar-refractivity contribution is 6.00. The molecule has 1 unspecified atom stereocenters. The Hall–Kier alpha value is -3.86. The first kappa shape index (κ1) is 18.9. The Labute approximate surface area is 185 Å². The normalized spacial score (nSPS) is 20.4. The highest BCUT2D eigenvalue weighted by atomic mass is 16.6. The smallest absolute Gasteiger partial charge is 0.270 e. The van der Waals surface area contributed by atoms with Crippen LogP contribution in [-0.2, 0) is 5.41 Å². The molecule has 0 fully saturated rings. The van der Waals surface area contributed by atoms with E-state index in [0.717, 1.165) is 22.1 Å². The zero-order chi connectivity index (χ0) is 22.3. The number of rotatable bonds is 1. The van der Waals surface area contributed by atoms with Crippen molar-refractivity contribution >= 4 is 39.0 Å². The average Bonchev–Trinajstić information content (AvgIpc) is 2.96. The number of non-ortho nitro benzene ring substituents is 1. The molecule has 0 radical (unpaired) electrons. The number of fused-ring (bicyclic) bond motifs is 6. The third-order valence-corrected chi connectivity index (χ3v) is 7.26. The highest BCUT2D eigenvalue weighted by Crippen LogP contribution is 2.56. The van der Waals surface area contributed by atoms with Crippen molar-refractivity contribution in [2.45, 2.75) is 25.0 Å². The Bertz CT molecular complexity index is 1490. The van der Waals surface area contributed by atoms with Crippen molar-refractivity contribution in [2.24, 2.45) is 0 Å². The summed E-state index contributed by atoms with van der Waals surface area (Å²) in [6.07, 6.45) is 4.25. The Balaban J connectivity index is 1.53. The first-order valence-corrected chi connectivity index (χ1v) is 10.7. The van der Waals surface area contributed by atoms with E-state index in [0.29, 0.717) is 0 Å². The van der Waals surface area contributed by atoms with Crippen molar-refractivity contribution in [2.75, 3.05) is 11.9 Å². The van der Waals surface area contributed by atoms with Gasteiger partial charge in [0.25, 0.3) is 5.69 Å². The van der Waals surface area contributed by atoms with E-state index >= 15 is 0 Å². The lowest BCUT2D eigenvalue weighted by molar-refractivity contribution is -0.384. The molecule has 1 atom stereocenters. The second kappa shape index (κ2) is 6.10. The van der Waals surface area contributed by atoms with E-state index in [4.69, 9.17) is 4.74 Å². The molecule has 0 N–H and O–H groups in total. The zero-order valence-corrected chi connectivity index (χ0v) is 18.1. The number of nitro groups is 1. The van der Waals surface area contributed by atoms with E-state index in [1.165, 1.54) is 22.0 Å². The highest BCUT2D eigenvalue weighted by Gasteiger charge is 2.58. The lowest BCUT2D eigenvalue weighted by atomic mass is 9.76. The number of nitrogens with zero attached hydrogens (tertiary/aromatic N) is 2. The van der Waals surface area contributed by atoms with Gasteiger partial charge in [-0.1, -0.05) is 42.5 Å². The molecular formula is C27H22N2O3. The van der Waals surface area contributed by atoms with E-state index in [-0.39, 0.29) is 16.0 Å². The number of hydrogen-bond acceptors (Lipinski definition) is 4. The van der Waals surface area contributed by atoms with Crippen molar-refractivity contribution in [1.29, 1.82) is 0 Å². The second-order valence-corrected chi connectivity index (χ2v) is 9.14. The molecule has 0 aromatic heterocycles. The summed E-state index contributed by atoms with van der Waals surface area (Å²) in [5, 5.41) is 15.4. The van der Waals surface area contributed by atoms with E-state index < -0.39 is 5.72 Å². The molecular weight excluding hydrogens is 400 g/mol. The lowest BCUT2D eigenvalue weighted by Crippen LogP contribution is -2.58. The standard InChI is InChI=1S/C27H22N2O3/c1-26(2)23-12-8-17-6-4-5-7-21(17)25(23)28(3)27(26)15-14-22-20-11-10-19(29(30)31)16-18(20)9-13-24(22)32-27/h4-16H,1-3H3. The summed E-state index contributed by atoms with van der Waals surface area (Å²) in [6.45, 7) is 4.45. The van der Waals surface area contributed by atoms with Crippen LogP contribution in [-0.4, -0.2) is 17.7 Å². The monoisotopic (exact) mass is 422 g/mol. The fourth-order valence-corrected chi connectivity index (χ4v) is 5.51. The number of benzene rings is 4. The summed E-state index contributed by atoms with van der Waals surface area (Å²) in [5.41, 5.74) is 2.50. The van der Waals surface area contributed by atoms with Crippen LogP contribution < -0.4 is 9.64 Å². The van der Waals surface area contributed by atoms with Gasteiger partial charge in [-0.2, -0.15) is 0 Å². The van der Waals surface area contributed by atoms with Crippen LogP contribution in [0.3, 0.4) is 0 Å². The van der Waals surface area contributed by atoms with E-state index in [1.807, 2.05) is 18.2 Å². The van der Waals surface area contributed by atoms with E-state index in [1.54, 1.807) is 12.1 Å². The van der Waals surface area contributed by atoms with Crippen molar-refractivity contribution in [3.05, 3.63) is 94.0 Å². The molecule has 0 bridgehead atoms. The van der Waals surface area contributed by atoms with Crippen LogP contribution in [0.1, 0.15) is 25.0 Å². The Morgan fingerprint density at radius 2 is 1.72 bits per heavy atom. The van der Waals surface area contributed by atoms with Gasteiger partial charge in [-0.05, 0) is 59.9 Å². The number of anilines is 1. The maximum absolute atomic E-state index is 11.2. The Morgan fingerprint density at radius 1 is 0.938 bits per heavy atom. The largest absolute Gasteiger partial charge is 0.463 e. The minimum atomic E-state index is -0.680. The van der Waals surface area contributed by atoms with Gasteiger partial charge >= 0.3 is 0 Å².